The van der Waals surface area contributed by atoms with E-state index in [0.717, 1.165) is 5.92 Å². The Morgan fingerprint density at radius 1 is 1.31 bits per heavy atom. The average molecular weight is 215 g/mol. The maximum absolute atomic E-state index is 3.85. The van der Waals surface area contributed by atoms with E-state index in [9.17, 15) is 0 Å². The zero-order valence-electron chi connectivity index (χ0n) is 9.53. The second kappa shape index (κ2) is 5.32. The van der Waals surface area contributed by atoms with Gasteiger partial charge in [-0.05, 0) is 32.6 Å². The minimum absolute atomic E-state index is 0.0843. The van der Waals surface area contributed by atoms with Crippen molar-refractivity contribution in [1.29, 1.82) is 0 Å². The Morgan fingerprint density at radius 3 is 2.46 bits per heavy atom. The van der Waals surface area contributed by atoms with Crippen molar-refractivity contribution < 1.29 is 0 Å². The van der Waals surface area contributed by atoms with Crippen molar-refractivity contribution in [2.75, 3.05) is 0 Å². The number of hydrogen-bond acceptors (Lipinski definition) is 1. The Morgan fingerprint density at radius 2 is 1.92 bits per heavy atom. The normalized spacial score (nSPS) is 21.7. The number of nitrogens with one attached hydrogen (secondary N) is 1. The van der Waals surface area contributed by atoms with Crippen LogP contribution in [0.25, 0.3) is 0 Å². The molecule has 3 heteroatoms. The second-order valence-corrected chi connectivity index (χ2v) is 9.84. The highest BCUT2D eigenvalue weighted by atomic mass is 28.3. The van der Waals surface area contributed by atoms with Crippen LogP contribution < -0.4 is 4.98 Å². The lowest BCUT2D eigenvalue weighted by molar-refractivity contribution is 0.222. The van der Waals surface area contributed by atoms with E-state index in [1.54, 1.807) is 0 Å². The van der Waals surface area contributed by atoms with Crippen LogP contribution in [-0.2, 0) is 0 Å². The van der Waals surface area contributed by atoms with Gasteiger partial charge in [0, 0.05) is 15.8 Å². The van der Waals surface area contributed by atoms with E-state index >= 15 is 0 Å². The number of hydrogen-bond donors (Lipinski definition) is 1. The van der Waals surface area contributed by atoms with Gasteiger partial charge in [0.1, 0.15) is 0 Å². The first-order valence-electron chi connectivity index (χ1n) is 5.92. The van der Waals surface area contributed by atoms with E-state index in [2.05, 4.69) is 18.8 Å². The van der Waals surface area contributed by atoms with Crippen LogP contribution in [0.4, 0.5) is 0 Å². The predicted molar refractivity (Wildman–Crippen MR) is 67.1 cm³/mol. The fourth-order valence-electron chi connectivity index (χ4n) is 2.42. The first-order valence-corrected chi connectivity index (χ1v) is 9.04. The molecule has 1 N–H and O–H groups in total. The Labute approximate surface area is 88.4 Å². The summed E-state index contributed by atoms with van der Waals surface area (Å²) in [6.07, 6.45) is 7.35. The van der Waals surface area contributed by atoms with Gasteiger partial charge < -0.3 is 4.98 Å². The lowest BCUT2D eigenvalue weighted by Gasteiger charge is -2.38. The van der Waals surface area contributed by atoms with Gasteiger partial charge in [0.05, 0.1) is 9.68 Å². The van der Waals surface area contributed by atoms with Crippen LogP contribution in [0.3, 0.4) is 0 Å². The molecule has 0 saturated heterocycles. The molecule has 0 unspecified atom stereocenters. The van der Waals surface area contributed by atoms with Crippen LogP contribution in [0.15, 0.2) is 0 Å². The molecule has 1 aliphatic carbocycles. The fourth-order valence-corrected chi connectivity index (χ4v) is 4.35. The van der Waals surface area contributed by atoms with E-state index in [1.165, 1.54) is 48.0 Å². The highest BCUT2D eigenvalue weighted by molar-refractivity contribution is 6.44. The Bertz CT molecular complexity index is 142. The molecule has 1 fully saturated rings. The predicted octanol–water partition coefficient (Wildman–Crippen LogP) is 0.760. The van der Waals surface area contributed by atoms with Gasteiger partial charge in [-0.25, -0.2) is 0 Å². The molecule has 78 valence electrons. The molecule has 0 radical (unpaired) electrons. The van der Waals surface area contributed by atoms with Gasteiger partial charge in [-0.2, -0.15) is 0 Å². The Hall–Kier alpha value is 0.394. The van der Waals surface area contributed by atoms with Crippen molar-refractivity contribution in [2.45, 2.75) is 57.2 Å². The summed E-state index contributed by atoms with van der Waals surface area (Å²) in [6, 6.07) is 0. The zero-order valence-corrected chi connectivity index (χ0v) is 12.9. The van der Waals surface area contributed by atoms with Crippen molar-refractivity contribution in [3.63, 3.8) is 0 Å². The van der Waals surface area contributed by atoms with Crippen molar-refractivity contribution in [1.82, 2.24) is 4.98 Å². The van der Waals surface area contributed by atoms with E-state index in [4.69, 9.17) is 0 Å². The zero-order chi connectivity index (χ0) is 9.73. The quantitative estimate of drug-likeness (QED) is 0.683. The van der Waals surface area contributed by atoms with Crippen molar-refractivity contribution in [3.8, 4) is 0 Å². The van der Waals surface area contributed by atoms with E-state index < -0.39 is 0 Å². The average Bonchev–Trinajstić information content (AvgIpc) is 2.16. The summed E-state index contributed by atoms with van der Waals surface area (Å²) in [7, 11) is 1.48. The van der Waals surface area contributed by atoms with Gasteiger partial charge >= 0.3 is 0 Å². The highest BCUT2D eigenvalue weighted by Gasteiger charge is 2.29. The topological polar surface area (TPSA) is 12.0 Å². The van der Waals surface area contributed by atoms with Gasteiger partial charge in [0.25, 0.3) is 0 Å². The molecule has 13 heavy (non-hydrogen) atoms. The first-order chi connectivity index (χ1) is 6.17. The third-order valence-corrected chi connectivity index (χ3v) is 6.62. The summed E-state index contributed by atoms with van der Waals surface area (Å²) < 4.78 is 0. The van der Waals surface area contributed by atoms with Crippen LogP contribution >= 0.6 is 0 Å². The lowest BCUT2D eigenvalue weighted by Crippen LogP contribution is -2.48. The van der Waals surface area contributed by atoms with Gasteiger partial charge in [0.15, 0.2) is 0 Å². The van der Waals surface area contributed by atoms with Gasteiger partial charge in [0.2, 0.25) is 0 Å². The van der Waals surface area contributed by atoms with E-state index in [-0.39, 0.29) is 9.68 Å². The molecule has 0 aromatic rings. The molecule has 0 heterocycles. The summed E-state index contributed by atoms with van der Waals surface area (Å²) in [5.74, 6) is 0.960. The molecule has 1 rings (SSSR count). The van der Waals surface area contributed by atoms with Crippen LogP contribution in [-0.4, -0.2) is 25.5 Å². The molecular formula is C10H25NSi2. The van der Waals surface area contributed by atoms with Crippen LogP contribution in [0, 0.1) is 5.92 Å². The number of rotatable bonds is 4. The molecule has 0 aromatic carbocycles. The van der Waals surface area contributed by atoms with Gasteiger partial charge in [-0.1, -0.05) is 24.9 Å². The third kappa shape index (κ3) is 3.56. The molecule has 1 saturated carbocycles. The molecule has 0 atom stereocenters. The Balaban J connectivity index is 2.36. The maximum atomic E-state index is 3.85. The third-order valence-electron chi connectivity index (χ3n) is 3.46. The molecule has 0 aliphatic heterocycles. The van der Waals surface area contributed by atoms with Crippen LogP contribution in [0.2, 0.25) is 5.67 Å². The summed E-state index contributed by atoms with van der Waals surface area (Å²) in [5, 5.41) is 0. The lowest BCUT2D eigenvalue weighted by atomic mass is 9.77. The van der Waals surface area contributed by atoms with Gasteiger partial charge in [-0.3, -0.25) is 0 Å². The summed E-state index contributed by atoms with van der Waals surface area (Å²) in [6.45, 7) is 4.85. The highest BCUT2D eigenvalue weighted by Crippen LogP contribution is 2.31. The van der Waals surface area contributed by atoms with E-state index in [1.807, 2.05) is 0 Å². The molecular weight excluding hydrogens is 190 g/mol. The largest absolute Gasteiger partial charge is 0.338 e. The van der Waals surface area contributed by atoms with Crippen molar-refractivity contribution in [2.24, 2.45) is 5.92 Å². The van der Waals surface area contributed by atoms with Crippen molar-refractivity contribution >= 4 is 19.9 Å². The molecule has 0 aromatic heterocycles. The van der Waals surface area contributed by atoms with Gasteiger partial charge in [-0.15, -0.1) is 0 Å². The SMILES string of the molecule is CC(C)(N[SiH2]C[SiH3])C1CCCCC1. The fraction of sp³-hybridized carbons (Fsp3) is 1.00. The minimum atomic E-state index is 0.0843. The standard InChI is InChI=1S/C10H25NSi2/c1-10(2,11-13-8-12)9-6-4-3-5-7-9/h9,11H,3-8,13H2,1-2,12H3. The summed E-state index contributed by atoms with van der Waals surface area (Å²) >= 11 is 0. The smallest absolute Gasteiger partial charge is 0.0888 e. The van der Waals surface area contributed by atoms with Crippen LogP contribution in [0.5, 0.6) is 0 Å². The summed E-state index contributed by atoms with van der Waals surface area (Å²) in [4.78, 5) is 3.85. The second-order valence-electron chi connectivity index (χ2n) is 4.98. The molecule has 0 bridgehead atoms. The summed E-state index contributed by atoms with van der Waals surface area (Å²) in [5.41, 5.74) is 1.98. The first kappa shape index (κ1) is 11.5. The maximum Gasteiger partial charge on any atom is 0.0888 e. The minimum Gasteiger partial charge on any atom is -0.338 e. The van der Waals surface area contributed by atoms with Crippen molar-refractivity contribution in [3.05, 3.63) is 0 Å². The van der Waals surface area contributed by atoms with E-state index in [0.29, 0.717) is 5.54 Å². The van der Waals surface area contributed by atoms with Crippen LogP contribution in [0.1, 0.15) is 46.0 Å². The molecule has 1 aliphatic rings. The molecule has 0 amide bonds. The molecule has 1 nitrogen and oxygen atoms in total. The Kier molecular flexibility index (Phi) is 4.69. The molecule has 0 spiro atoms. The monoisotopic (exact) mass is 215 g/mol.